The minimum absolute atomic E-state index is 0.0207. The number of benzene rings is 2. The molecule has 0 fully saturated rings. The summed E-state index contributed by atoms with van der Waals surface area (Å²) in [5.74, 6) is 0.767. The van der Waals surface area contributed by atoms with E-state index >= 15 is 0 Å². The first-order chi connectivity index (χ1) is 14.7. The van der Waals surface area contributed by atoms with Crippen LogP contribution in [0, 0.1) is 0 Å². The molecule has 31 heavy (non-hydrogen) atoms. The van der Waals surface area contributed by atoms with Crippen molar-refractivity contribution >= 4 is 15.9 Å². The lowest BCUT2D eigenvalue weighted by Gasteiger charge is -2.17. The number of hydrogen-bond donors (Lipinski definition) is 2. The molecule has 2 aromatic carbocycles. The molecule has 0 spiro atoms. The molecule has 1 atom stereocenters. The largest absolute Gasteiger partial charge is 0.493 e. The lowest BCUT2D eigenvalue weighted by Crippen LogP contribution is -2.35. The molecule has 170 valence electrons. The Morgan fingerprint density at radius 1 is 1.06 bits per heavy atom. The zero-order valence-corrected chi connectivity index (χ0v) is 18.5. The van der Waals surface area contributed by atoms with Crippen LogP contribution in [0.2, 0.25) is 0 Å². The normalized spacial score (nSPS) is 12.3. The Labute approximate surface area is 181 Å². The number of sulfonamides is 1. The van der Waals surface area contributed by atoms with Crippen LogP contribution < -0.4 is 19.5 Å². The molecule has 0 bridgehead atoms. The highest BCUT2D eigenvalue weighted by Crippen LogP contribution is 2.36. The van der Waals surface area contributed by atoms with E-state index in [1.807, 2.05) is 0 Å². The summed E-state index contributed by atoms with van der Waals surface area (Å²) in [5.41, 5.74) is 0.235. The molecule has 2 rings (SSSR count). The fourth-order valence-electron chi connectivity index (χ4n) is 2.54. The Balaban J connectivity index is 1.93. The first-order valence-corrected chi connectivity index (χ1v) is 10.6. The average Bonchev–Trinajstić information content (AvgIpc) is 2.80. The summed E-state index contributed by atoms with van der Waals surface area (Å²) in [6.07, 6.45) is -1.01. The van der Waals surface area contributed by atoms with Crippen LogP contribution in [-0.4, -0.2) is 71.5 Å². The van der Waals surface area contributed by atoms with Gasteiger partial charge in [-0.05, 0) is 36.4 Å². The molecule has 0 aliphatic heterocycles. The molecule has 1 amide bonds. The zero-order chi connectivity index (χ0) is 23.0. The Kier molecular flexibility index (Phi) is 8.63. The first-order valence-electron chi connectivity index (χ1n) is 9.17. The lowest BCUT2D eigenvalue weighted by atomic mass is 10.2. The average molecular weight is 455 g/mol. The summed E-state index contributed by atoms with van der Waals surface area (Å²) in [7, 11) is 1.67. The number of aliphatic hydroxyl groups excluding tert-OH is 1. The Morgan fingerprint density at radius 2 is 1.65 bits per heavy atom. The van der Waals surface area contributed by atoms with Crippen LogP contribution in [0.3, 0.4) is 0 Å². The number of amides is 1. The van der Waals surface area contributed by atoms with E-state index in [1.54, 1.807) is 18.2 Å². The van der Waals surface area contributed by atoms with Gasteiger partial charge in [-0.15, -0.1) is 0 Å². The Hall–Kier alpha value is -2.86. The topological polar surface area (TPSA) is 124 Å². The predicted molar refractivity (Wildman–Crippen MR) is 112 cm³/mol. The fourth-order valence-corrected chi connectivity index (χ4v) is 3.51. The smallest absolute Gasteiger partial charge is 0.264 e. The maximum absolute atomic E-state index is 12.3. The van der Waals surface area contributed by atoms with Crippen LogP contribution in [0.15, 0.2) is 47.4 Å². The first kappa shape index (κ1) is 24.4. The van der Waals surface area contributed by atoms with Crippen molar-refractivity contribution in [2.24, 2.45) is 0 Å². The van der Waals surface area contributed by atoms with Gasteiger partial charge in [0.25, 0.3) is 15.9 Å². The summed E-state index contributed by atoms with van der Waals surface area (Å²) in [5, 5.41) is 12.7. The third-order valence-corrected chi connectivity index (χ3v) is 6.00. The molecule has 0 heterocycles. The molecule has 0 aromatic heterocycles. The number of para-hydroxylation sites is 1. The van der Waals surface area contributed by atoms with Gasteiger partial charge in [-0.25, -0.2) is 8.42 Å². The number of methoxy groups -OCH3 is 2. The molecule has 2 N–H and O–H groups in total. The Morgan fingerprint density at radius 3 is 2.16 bits per heavy atom. The third kappa shape index (κ3) is 6.07. The van der Waals surface area contributed by atoms with E-state index in [0.717, 1.165) is 4.47 Å². The zero-order valence-electron chi connectivity index (χ0n) is 17.7. The molecule has 1 unspecified atom stereocenters. The second-order valence-corrected chi connectivity index (χ2v) is 8.22. The molecule has 0 aliphatic carbocycles. The maximum Gasteiger partial charge on any atom is 0.264 e. The van der Waals surface area contributed by atoms with Crippen molar-refractivity contribution in [1.29, 1.82) is 0 Å². The van der Waals surface area contributed by atoms with Crippen molar-refractivity contribution in [3.8, 4) is 17.2 Å². The molecule has 0 saturated carbocycles. The van der Waals surface area contributed by atoms with Crippen molar-refractivity contribution in [2.45, 2.75) is 11.0 Å². The van der Waals surface area contributed by atoms with Gasteiger partial charge < -0.3 is 24.6 Å². The molecule has 2 aromatic rings. The van der Waals surface area contributed by atoms with Crippen molar-refractivity contribution in [1.82, 2.24) is 9.79 Å². The Bertz CT molecular complexity index is 957. The predicted octanol–water partition coefficient (Wildman–Crippen LogP) is 1.06. The quantitative estimate of drug-likeness (QED) is 0.483. The lowest BCUT2D eigenvalue weighted by molar-refractivity contribution is -0.0258. The minimum Gasteiger partial charge on any atom is -0.493 e. The van der Waals surface area contributed by atoms with E-state index in [0.29, 0.717) is 17.2 Å². The summed E-state index contributed by atoms with van der Waals surface area (Å²) in [6, 6.07) is 10.5. The number of aliphatic hydroxyl groups is 1. The van der Waals surface area contributed by atoms with Crippen molar-refractivity contribution in [3.05, 3.63) is 48.0 Å². The van der Waals surface area contributed by atoms with Crippen molar-refractivity contribution in [2.75, 3.05) is 41.5 Å². The number of ether oxygens (including phenoxy) is 3. The number of hydroxylamine groups is 1. The van der Waals surface area contributed by atoms with Gasteiger partial charge in [0.05, 0.1) is 26.2 Å². The number of carbonyl (C=O) groups excluding carboxylic acids is 1. The highest BCUT2D eigenvalue weighted by molar-refractivity contribution is 7.89. The van der Waals surface area contributed by atoms with E-state index in [1.165, 1.54) is 52.6 Å². The second-order valence-electron chi connectivity index (χ2n) is 6.29. The molecule has 0 radical (unpaired) electrons. The van der Waals surface area contributed by atoms with Gasteiger partial charge in [-0.1, -0.05) is 10.5 Å². The molecule has 0 aliphatic rings. The molecule has 10 nitrogen and oxygen atoms in total. The van der Waals surface area contributed by atoms with Crippen LogP contribution in [0.5, 0.6) is 17.2 Å². The van der Waals surface area contributed by atoms with E-state index in [9.17, 15) is 18.3 Å². The summed E-state index contributed by atoms with van der Waals surface area (Å²) in [4.78, 5) is 17.0. The van der Waals surface area contributed by atoms with E-state index in [4.69, 9.17) is 19.0 Å². The SMILES string of the molecule is COc1cccc(OC)c1OCC(O)CNC(=O)c1ccc(S(=O)(=O)N(C)OC)cc1. The van der Waals surface area contributed by atoms with Gasteiger partial charge in [0, 0.05) is 19.2 Å². The van der Waals surface area contributed by atoms with Gasteiger partial charge in [-0.2, -0.15) is 0 Å². The van der Waals surface area contributed by atoms with Gasteiger partial charge >= 0.3 is 0 Å². The molecule has 11 heteroatoms. The highest BCUT2D eigenvalue weighted by atomic mass is 32.2. The summed E-state index contributed by atoms with van der Waals surface area (Å²) in [6.45, 7) is -0.194. The van der Waals surface area contributed by atoms with E-state index in [2.05, 4.69) is 5.32 Å². The number of rotatable bonds is 11. The van der Waals surface area contributed by atoms with Crippen molar-refractivity contribution in [3.63, 3.8) is 0 Å². The molecular weight excluding hydrogens is 428 g/mol. The van der Waals surface area contributed by atoms with Crippen LogP contribution in [0.4, 0.5) is 0 Å². The van der Waals surface area contributed by atoms with Crippen LogP contribution in [0.25, 0.3) is 0 Å². The number of carbonyl (C=O) groups is 1. The second kappa shape index (κ2) is 11.0. The van der Waals surface area contributed by atoms with E-state index in [-0.39, 0.29) is 23.6 Å². The number of nitrogens with zero attached hydrogens (tertiary/aromatic N) is 1. The minimum atomic E-state index is -3.80. The van der Waals surface area contributed by atoms with Crippen LogP contribution in [0.1, 0.15) is 10.4 Å². The van der Waals surface area contributed by atoms with Crippen LogP contribution >= 0.6 is 0 Å². The molecular formula is C20H26N2O8S. The summed E-state index contributed by atoms with van der Waals surface area (Å²) >= 11 is 0. The maximum atomic E-state index is 12.3. The standard InChI is InChI=1S/C20H26N2O8S/c1-22(29-4)31(25,26)16-10-8-14(9-11-16)20(24)21-12-15(23)13-30-19-17(27-2)6-5-7-18(19)28-3/h5-11,15,23H,12-13H2,1-4H3,(H,21,24). The summed E-state index contributed by atoms with van der Waals surface area (Å²) < 4.78 is 41.1. The van der Waals surface area contributed by atoms with E-state index < -0.39 is 22.0 Å². The van der Waals surface area contributed by atoms with Crippen molar-refractivity contribution < 1.29 is 37.4 Å². The number of hydrogen-bond acceptors (Lipinski definition) is 8. The third-order valence-electron chi connectivity index (χ3n) is 4.31. The van der Waals surface area contributed by atoms with Gasteiger partial charge in [0.15, 0.2) is 11.5 Å². The van der Waals surface area contributed by atoms with Gasteiger partial charge in [0.1, 0.15) is 12.7 Å². The highest BCUT2D eigenvalue weighted by Gasteiger charge is 2.21. The van der Waals surface area contributed by atoms with Crippen LogP contribution in [-0.2, 0) is 14.9 Å². The van der Waals surface area contributed by atoms with Gasteiger partial charge in [0.2, 0.25) is 5.75 Å². The monoisotopic (exact) mass is 454 g/mol. The fraction of sp³-hybridized carbons (Fsp3) is 0.350. The molecule has 0 saturated heterocycles. The van der Waals surface area contributed by atoms with Gasteiger partial charge in [-0.3, -0.25) is 9.63 Å². The number of nitrogens with one attached hydrogen (secondary N) is 1.